The molecule has 0 radical (unpaired) electrons. The lowest BCUT2D eigenvalue weighted by Crippen LogP contribution is -2.42. The molecule has 0 heterocycles. The van der Waals surface area contributed by atoms with E-state index in [1.165, 1.54) is 11.1 Å². The van der Waals surface area contributed by atoms with Crippen LogP contribution in [0.4, 0.5) is 0 Å². The molecule has 3 heteroatoms. The van der Waals surface area contributed by atoms with Crippen molar-refractivity contribution in [3.8, 4) is 0 Å². The summed E-state index contributed by atoms with van der Waals surface area (Å²) in [6.45, 7) is 17.8. The molecular formula is C17H29NOS. The smallest absolute Gasteiger partial charge is 0.128 e. The van der Waals surface area contributed by atoms with Crippen LogP contribution in [0.25, 0.3) is 0 Å². The Labute approximate surface area is 127 Å². The average molecular weight is 295 g/mol. The lowest BCUT2D eigenvalue weighted by Gasteiger charge is -2.34. The fraction of sp³-hybridized carbons (Fsp3) is 0.647. The molecule has 0 aliphatic rings. The van der Waals surface area contributed by atoms with Crippen molar-refractivity contribution in [2.75, 3.05) is 6.54 Å². The zero-order valence-corrected chi connectivity index (χ0v) is 15.0. The van der Waals surface area contributed by atoms with Gasteiger partial charge in [-0.3, -0.25) is 0 Å². The number of aryl methyl sites for hydroxylation is 1. The van der Waals surface area contributed by atoms with E-state index in [1.54, 1.807) is 0 Å². The zero-order valence-electron chi connectivity index (χ0n) is 14.2. The minimum Gasteiger partial charge on any atom is -0.237 e. The molecule has 0 saturated carbocycles. The van der Waals surface area contributed by atoms with E-state index in [2.05, 4.69) is 67.5 Å². The maximum atomic E-state index is 13.0. The van der Waals surface area contributed by atoms with Gasteiger partial charge in [-0.2, -0.15) is 0 Å². The van der Waals surface area contributed by atoms with Gasteiger partial charge in [0, 0.05) is 12.1 Å². The van der Waals surface area contributed by atoms with Gasteiger partial charge in [0.2, 0.25) is 0 Å². The molecule has 0 aromatic heterocycles. The highest BCUT2D eigenvalue weighted by Crippen LogP contribution is 2.31. The molecule has 1 rings (SSSR count). The van der Waals surface area contributed by atoms with E-state index in [0.717, 1.165) is 11.4 Å². The SMILES string of the molecule is CCN(S(=O)c1ccc(C)cc1C(C)(C)C)C(C)(C)C. The fourth-order valence-corrected chi connectivity index (χ4v) is 4.05. The number of hydrogen-bond donors (Lipinski definition) is 0. The second kappa shape index (κ2) is 5.98. The van der Waals surface area contributed by atoms with Gasteiger partial charge in [0.05, 0.1) is 4.90 Å². The van der Waals surface area contributed by atoms with Crippen LogP contribution >= 0.6 is 0 Å². The summed E-state index contributed by atoms with van der Waals surface area (Å²) in [6.07, 6.45) is 0. The van der Waals surface area contributed by atoms with Gasteiger partial charge in [0.1, 0.15) is 11.0 Å². The number of nitrogens with zero attached hydrogens (tertiary/aromatic N) is 1. The Morgan fingerprint density at radius 1 is 1.10 bits per heavy atom. The molecule has 0 fully saturated rings. The third kappa shape index (κ3) is 3.92. The van der Waals surface area contributed by atoms with Crippen molar-refractivity contribution in [2.24, 2.45) is 0 Å². The van der Waals surface area contributed by atoms with Crippen LogP contribution < -0.4 is 0 Å². The van der Waals surface area contributed by atoms with Crippen molar-refractivity contribution in [2.45, 2.75) is 71.2 Å². The fourth-order valence-electron chi connectivity index (χ4n) is 2.34. The van der Waals surface area contributed by atoms with Gasteiger partial charge in [0.25, 0.3) is 0 Å². The van der Waals surface area contributed by atoms with Crippen LogP contribution in [-0.2, 0) is 16.4 Å². The molecule has 1 unspecified atom stereocenters. The molecule has 1 atom stereocenters. The van der Waals surface area contributed by atoms with Gasteiger partial charge < -0.3 is 0 Å². The highest BCUT2D eigenvalue weighted by Gasteiger charge is 2.29. The predicted octanol–water partition coefficient (Wildman–Crippen LogP) is 4.44. The first-order valence-electron chi connectivity index (χ1n) is 7.29. The van der Waals surface area contributed by atoms with Crippen LogP contribution in [0.1, 0.15) is 59.6 Å². The third-order valence-corrected chi connectivity index (χ3v) is 5.31. The quantitative estimate of drug-likeness (QED) is 0.807. The van der Waals surface area contributed by atoms with Crippen LogP contribution in [0.3, 0.4) is 0 Å². The van der Waals surface area contributed by atoms with Gasteiger partial charge in [-0.05, 0) is 44.7 Å². The van der Waals surface area contributed by atoms with Gasteiger partial charge in [-0.25, -0.2) is 8.51 Å². The highest BCUT2D eigenvalue weighted by molar-refractivity contribution is 7.82. The maximum Gasteiger partial charge on any atom is 0.128 e. The molecule has 0 bridgehead atoms. The second-order valence-corrected chi connectivity index (χ2v) is 8.74. The Balaban J connectivity index is 3.36. The Kier molecular flexibility index (Phi) is 5.20. The van der Waals surface area contributed by atoms with Gasteiger partial charge >= 0.3 is 0 Å². The van der Waals surface area contributed by atoms with Crippen molar-refractivity contribution in [1.82, 2.24) is 4.31 Å². The van der Waals surface area contributed by atoms with E-state index in [4.69, 9.17) is 0 Å². The first-order valence-corrected chi connectivity index (χ1v) is 8.40. The lowest BCUT2D eigenvalue weighted by atomic mass is 9.86. The summed E-state index contributed by atoms with van der Waals surface area (Å²) in [5.74, 6) is 0. The topological polar surface area (TPSA) is 20.3 Å². The Morgan fingerprint density at radius 2 is 1.65 bits per heavy atom. The van der Waals surface area contributed by atoms with E-state index < -0.39 is 11.0 Å². The van der Waals surface area contributed by atoms with Crippen molar-refractivity contribution in [3.05, 3.63) is 29.3 Å². The zero-order chi connectivity index (χ0) is 15.7. The molecule has 1 aromatic rings. The molecule has 20 heavy (non-hydrogen) atoms. The van der Waals surface area contributed by atoms with Crippen molar-refractivity contribution in [1.29, 1.82) is 0 Å². The maximum absolute atomic E-state index is 13.0. The average Bonchev–Trinajstić information content (AvgIpc) is 2.26. The largest absolute Gasteiger partial charge is 0.237 e. The summed E-state index contributed by atoms with van der Waals surface area (Å²) in [6, 6.07) is 6.25. The molecule has 0 amide bonds. The molecule has 0 aliphatic carbocycles. The van der Waals surface area contributed by atoms with E-state index in [0.29, 0.717) is 0 Å². The number of rotatable bonds is 3. The van der Waals surface area contributed by atoms with Gasteiger partial charge in [0.15, 0.2) is 0 Å². The van der Waals surface area contributed by atoms with Crippen LogP contribution in [0.5, 0.6) is 0 Å². The summed E-state index contributed by atoms with van der Waals surface area (Å²) < 4.78 is 15.1. The minimum atomic E-state index is -1.12. The minimum absolute atomic E-state index is 0.00565. The number of benzene rings is 1. The van der Waals surface area contributed by atoms with E-state index in [1.807, 2.05) is 10.4 Å². The molecule has 2 nitrogen and oxygen atoms in total. The normalized spacial score (nSPS) is 14.7. The summed E-state index contributed by atoms with van der Waals surface area (Å²) in [4.78, 5) is 0.944. The summed E-state index contributed by atoms with van der Waals surface area (Å²) in [5, 5.41) is 0. The number of hydrogen-bond acceptors (Lipinski definition) is 1. The molecule has 0 N–H and O–H groups in total. The van der Waals surface area contributed by atoms with Crippen molar-refractivity contribution in [3.63, 3.8) is 0 Å². The standard InChI is InChI=1S/C17H29NOS/c1-9-18(17(6,7)8)20(19)15-11-10-13(2)12-14(15)16(3,4)5/h10-12H,9H2,1-8H3. The van der Waals surface area contributed by atoms with Crippen LogP contribution in [-0.4, -0.2) is 20.6 Å². The first-order chi connectivity index (χ1) is 8.98. The molecule has 1 aromatic carbocycles. The Bertz CT molecular complexity index is 495. The monoisotopic (exact) mass is 295 g/mol. The van der Waals surface area contributed by atoms with Crippen molar-refractivity contribution >= 4 is 11.0 Å². The summed E-state index contributed by atoms with van der Waals surface area (Å²) in [7, 11) is -1.12. The Hall–Kier alpha value is -0.670. The van der Waals surface area contributed by atoms with Crippen LogP contribution in [0.2, 0.25) is 0 Å². The Morgan fingerprint density at radius 3 is 2.05 bits per heavy atom. The molecule has 0 aliphatic heterocycles. The first kappa shape index (κ1) is 17.4. The summed E-state index contributed by atoms with van der Waals surface area (Å²) in [5.41, 5.74) is 2.28. The third-order valence-electron chi connectivity index (χ3n) is 3.37. The highest BCUT2D eigenvalue weighted by atomic mass is 32.2. The van der Waals surface area contributed by atoms with Gasteiger partial charge in [-0.1, -0.05) is 45.4 Å². The van der Waals surface area contributed by atoms with Crippen LogP contribution in [0, 0.1) is 6.92 Å². The summed E-state index contributed by atoms with van der Waals surface area (Å²) >= 11 is 0. The lowest BCUT2D eigenvalue weighted by molar-refractivity contribution is 0.273. The molecule has 0 saturated heterocycles. The van der Waals surface area contributed by atoms with Gasteiger partial charge in [-0.15, -0.1) is 0 Å². The molecular weight excluding hydrogens is 266 g/mol. The van der Waals surface area contributed by atoms with E-state index >= 15 is 0 Å². The molecule has 0 spiro atoms. The second-order valence-electron chi connectivity index (χ2n) is 7.36. The van der Waals surface area contributed by atoms with Crippen molar-refractivity contribution < 1.29 is 4.21 Å². The molecule has 114 valence electrons. The van der Waals surface area contributed by atoms with E-state index in [-0.39, 0.29) is 11.0 Å². The predicted molar refractivity (Wildman–Crippen MR) is 88.4 cm³/mol. The van der Waals surface area contributed by atoms with Crippen LogP contribution in [0.15, 0.2) is 23.1 Å². The van der Waals surface area contributed by atoms with E-state index in [9.17, 15) is 4.21 Å².